The van der Waals surface area contributed by atoms with Gasteiger partial charge in [-0.2, -0.15) is 5.26 Å². The second kappa shape index (κ2) is 5.13. The van der Waals surface area contributed by atoms with Crippen molar-refractivity contribution in [2.24, 2.45) is 5.92 Å². The molecule has 1 unspecified atom stereocenters. The molecule has 1 heterocycles. The highest BCUT2D eigenvalue weighted by Gasteiger charge is 2.19. The Bertz CT molecular complexity index is 189. The Morgan fingerprint density at radius 1 is 1.46 bits per heavy atom. The zero-order valence-electron chi connectivity index (χ0n) is 7.55. The third kappa shape index (κ3) is 3.69. The summed E-state index contributed by atoms with van der Waals surface area (Å²) in [7, 11) is 0. The number of halogens is 2. The van der Waals surface area contributed by atoms with Gasteiger partial charge in [0.2, 0.25) is 0 Å². The summed E-state index contributed by atoms with van der Waals surface area (Å²) in [5, 5.41) is 8.70. The average molecular weight is 188 g/mol. The van der Waals surface area contributed by atoms with Gasteiger partial charge in [0.25, 0.3) is 6.43 Å². The van der Waals surface area contributed by atoms with Crippen LogP contribution in [0, 0.1) is 17.2 Å². The Morgan fingerprint density at radius 3 is 2.85 bits per heavy atom. The number of nitriles is 1. The molecule has 0 spiro atoms. The maximum absolute atomic E-state index is 12.1. The molecule has 2 nitrogen and oxygen atoms in total. The number of likely N-dealkylation sites (tertiary alicyclic amines) is 1. The van der Waals surface area contributed by atoms with Gasteiger partial charge in [-0.1, -0.05) is 6.42 Å². The molecule has 74 valence electrons. The van der Waals surface area contributed by atoms with Crippen LogP contribution in [0.25, 0.3) is 0 Å². The van der Waals surface area contributed by atoms with Gasteiger partial charge >= 0.3 is 0 Å². The van der Waals surface area contributed by atoms with Gasteiger partial charge in [0, 0.05) is 6.54 Å². The summed E-state index contributed by atoms with van der Waals surface area (Å²) in [5.74, 6) is -0.0544. The van der Waals surface area contributed by atoms with Crippen molar-refractivity contribution in [3.05, 3.63) is 0 Å². The Morgan fingerprint density at radius 2 is 2.23 bits per heavy atom. The third-order valence-corrected chi connectivity index (χ3v) is 2.33. The molecule has 0 aromatic carbocycles. The number of hydrogen-bond donors (Lipinski definition) is 0. The lowest BCUT2D eigenvalue weighted by Crippen LogP contribution is -2.32. The highest BCUT2D eigenvalue weighted by molar-refractivity contribution is 4.87. The van der Waals surface area contributed by atoms with Crippen molar-refractivity contribution in [1.29, 1.82) is 5.26 Å². The van der Waals surface area contributed by atoms with Gasteiger partial charge in [-0.25, -0.2) is 8.78 Å². The first kappa shape index (κ1) is 10.4. The van der Waals surface area contributed by atoms with Gasteiger partial charge in [0.1, 0.15) is 0 Å². The molecule has 0 amide bonds. The minimum Gasteiger partial charge on any atom is -0.296 e. The molecule has 1 aliphatic rings. The first-order valence-corrected chi connectivity index (χ1v) is 4.62. The van der Waals surface area contributed by atoms with E-state index in [2.05, 4.69) is 6.07 Å². The predicted octanol–water partition coefficient (Wildman–Crippen LogP) is 1.88. The quantitative estimate of drug-likeness (QED) is 0.661. The van der Waals surface area contributed by atoms with Gasteiger partial charge < -0.3 is 0 Å². The smallest absolute Gasteiger partial charge is 0.251 e. The lowest BCUT2D eigenvalue weighted by Gasteiger charge is -2.20. The van der Waals surface area contributed by atoms with E-state index in [-0.39, 0.29) is 12.5 Å². The Balaban J connectivity index is 2.40. The highest BCUT2D eigenvalue weighted by Crippen LogP contribution is 2.16. The van der Waals surface area contributed by atoms with E-state index in [1.165, 1.54) is 0 Å². The van der Waals surface area contributed by atoms with Crippen molar-refractivity contribution >= 4 is 0 Å². The Kier molecular flexibility index (Phi) is 4.10. The van der Waals surface area contributed by atoms with Crippen molar-refractivity contribution < 1.29 is 8.78 Å². The largest absolute Gasteiger partial charge is 0.296 e. The predicted molar refractivity (Wildman–Crippen MR) is 45.4 cm³/mol. The SMILES string of the molecule is N#CC1CCCCN(CC(F)F)C1. The monoisotopic (exact) mass is 188 g/mol. The molecule has 0 aromatic heterocycles. The van der Waals surface area contributed by atoms with E-state index in [0.29, 0.717) is 13.1 Å². The maximum Gasteiger partial charge on any atom is 0.251 e. The third-order valence-electron chi connectivity index (χ3n) is 2.33. The molecule has 0 bridgehead atoms. The molecule has 0 aromatic rings. The van der Waals surface area contributed by atoms with Crippen LogP contribution >= 0.6 is 0 Å². The van der Waals surface area contributed by atoms with Gasteiger partial charge in [-0.15, -0.1) is 0 Å². The maximum atomic E-state index is 12.1. The zero-order valence-corrected chi connectivity index (χ0v) is 7.55. The first-order chi connectivity index (χ1) is 6.22. The van der Waals surface area contributed by atoms with Crippen LogP contribution in [0.3, 0.4) is 0 Å². The lowest BCUT2D eigenvalue weighted by atomic mass is 10.1. The number of rotatable bonds is 2. The normalized spacial score (nSPS) is 25.5. The van der Waals surface area contributed by atoms with Crippen LogP contribution in [-0.4, -0.2) is 31.0 Å². The fourth-order valence-electron chi connectivity index (χ4n) is 1.69. The summed E-state index contributed by atoms with van der Waals surface area (Å²) >= 11 is 0. The van der Waals surface area contributed by atoms with Gasteiger partial charge in [-0.3, -0.25) is 4.90 Å². The molecular weight excluding hydrogens is 174 g/mol. The molecule has 1 aliphatic heterocycles. The van der Waals surface area contributed by atoms with E-state index >= 15 is 0 Å². The van der Waals surface area contributed by atoms with Gasteiger partial charge in [0.05, 0.1) is 18.5 Å². The summed E-state index contributed by atoms with van der Waals surface area (Å²) in [6.45, 7) is 1.04. The summed E-state index contributed by atoms with van der Waals surface area (Å²) in [4.78, 5) is 1.70. The molecule has 1 saturated heterocycles. The molecule has 1 fully saturated rings. The minimum absolute atomic E-state index is 0.0544. The molecular formula is C9H14F2N2. The van der Waals surface area contributed by atoms with Crippen LogP contribution in [-0.2, 0) is 0 Å². The van der Waals surface area contributed by atoms with E-state index in [9.17, 15) is 8.78 Å². The van der Waals surface area contributed by atoms with Crippen molar-refractivity contribution in [3.63, 3.8) is 0 Å². The molecule has 0 saturated carbocycles. The summed E-state index contributed by atoms with van der Waals surface area (Å²) in [6.07, 6.45) is 0.497. The number of nitrogens with zero attached hydrogens (tertiary/aromatic N) is 2. The van der Waals surface area contributed by atoms with Crippen LogP contribution in [0.1, 0.15) is 19.3 Å². The minimum atomic E-state index is -2.28. The summed E-state index contributed by atoms with van der Waals surface area (Å²) in [6, 6.07) is 2.16. The standard InChI is InChI=1S/C9H14F2N2/c10-9(11)7-13-4-2-1-3-8(5-12)6-13/h8-9H,1-4,6-7H2. The number of hydrogen-bond acceptors (Lipinski definition) is 2. The highest BCUT2D eigenvalue weighted by atomic mass is 19.3. The van der Waals surface area contributed by atoms with E-state index < -0.39 is 6.43 Å². The van der Waals surface area contributed by atoms with Crippen LogP contribution in [0.15, 0.2) is 0 Å². The fourth-order valence-corrected chi connectivity index (χ4v) is 1.69. The molecule has 0 radical (unpaired) electrons. The van der Waals surface area contributed by atoms with E-state index in [4.69, 9.17) is 5.26 Å². The summed E-state index contributed by atoms with van der Waals surface area (Å²) in [5.41, 5.74) is 0. The molecule has 1 atom stereocenters. The van der Waals surface area contributed by atoms with E-state index in [1.54, 1.807) is 4.90 Å². The average Bonchev–Trinajstić information content (AvgIpc) is 2.28. The van der Waals surface area contributed by atoms with Crippen molar-refractivity contribution in [2.75, 3.05) is 19.6 Å². The van der Waals surface area contributed by atoms with E-state index in [1.807, 2.05) is 0 Å². The topological polar surface area (TPSA) is 27.0 Å². The van der Waals surface area contributed by atoms with Crippen LogP contribution in [0.4, 0.5) is 8.78 Å². The van der Waals surface area contributed by atoms with Crippen molar-refractivity contribution in [1.82, 2.24) is 4.90 Å². The zero-order chi connectivity index (χ0) is 9.68. The Labute approximate surface area is 77.1 Å². The molecule has 0 aliphatic carbocycles. The second-order valence-corrected chi connectivity index (χ2v) is 3.47. The molecule has 0 N–H and O–H groups in total. The second-order valence-electron chi connectivity index (χ2n) is 3.47. The lowest BCUT2D eigenvalue weighted by molar-refractivity contribution is 0.0868. The number of alkyl halides is 2. The molecule has 1 rings (SSSR count). The Hall–Kier alpha value is -0.690. The summed E-state index contributed by atoms with van der Waals surface area (Å²) < 4.78 is 24.1. The fraction of sp³-hybridized carbons (Fsp3) is 0.889. The van der Waals surface area contributed by atoms with Crippen LogP contribution < -0.4 is 0 Å². The molecule has 13 heavy (non-hydrogen) atoms. The van der Waals surface area contributed by atoms with E-state index in [0.717, 1.165) is 19.3 Å². The van der Waals surface area contributed by atoms with Gasteiger partial charge in [0.15, 0.2) is 0 Å². The van der Waals surface area contributed by atoms with Crippen LogP contribution in [0.2, 0.25) is 0 Å². The van der Waals surface area contributed by atoms with Crippen molar-refractivity contribution in [2.45, 2.75) is 25.7 Å². The first-order valence-electron chi connectivity index (χ1n) is 4.62. The molecule has 4 heteroatoms. The van der Waals surface area contributed by atoms with Crippen molar-refractivity contribution in [3.8, 4) is 6.07 Å². The van der Waals surface area contributed by atoms with Gasteiger partial charge in [-0.05, 0) is 19.4 Å². The van der Waals surface area contributed by atoms with Crippen LogP contribution in [0.5, 0.6) is 0 Å².